The number of rotatable bonds is 4. The monoisotopic (exact) mass is 742 g/mol. The number of aromatic nitrogens is 1. The SMILES string of the molecule is c1ccc(-c2nc3ccc4ccc5ccc(N(c6ccc7oc8c9ccccc9ccc8c7c6)c6cc7oc8ccccc8c7c7ccccc67)cc5c4c3o2)cc1. The van der Waals surface area contributed by atoms with Crippen LogP contribution in [-0.2, 0) is 0 Å². The lowest BCUT2D eigenvalue weighted by Gasteiger charge is -2.27. The summed E-state index contributed by atoms with van der Waals surface area (Å²) in [7, 11) is 0. The van der Waals surface area contributed by atoms with Crippen LogP contribution in [0.5, 0.6) is 0 Å². The van der Waals surface area contributed by atoms with Crippen LogP contribution in [0.4, 0.5) is 17.1 Å². The molecule has 5 heteroatoms. The van der Waals surface area contributed by atoms with Crippen LogP contribution in [-0.4, -0.2) is 4.98 Å². The van der Waals surface area contributed by atoms with E-state index in [1.165, 1.54) is 0 Å². The maximum atomic E-state index is 6.64. The Morgan fingerprint density at radius 2 is 1.02 bits per heavy atom. The second-order valence-corrected chi connectivity index (χ2v) is 15.1. The molecule has 0 fully saturated rings. The fourth-order valence-corrected chi connectivity index (χ4v) is 9.17. The van der Waals surface area contributed by atoms with Gasteiger partial charge in [-0.25, -0.2) is 4.98 Å². The van der Waals surface area contributed by atoms with E-state index in [0.717, 1.165) is 121 Å². The topological polar surface area (TPSA) is 55.6 Å². The smallest absolute Gasteiger partial charge is 0.227 e. The van der Waals surface area contributed by atoms with Crippen molar-refractivity contribution < 1.29 is 13.3 Å². The average Bonchev–Trinajstić information content (AvgIpc) is 4.00. The normalized spacial score (nSPS) is 12.1. The van der Waals surface area contributed by atoms with Crippen molar-refractivity contribution in [3.05, 3.63) is 182 Å². The van der Waals surface area contributed by atoms with Gasteiger partial charge in [-0.15, -0.1) is 0 Å². The van der Waals surface area contributed by atoms with Crippen molar-refractivity contribution in [1.29, 1.82) is 0 Å². The lowest BCUT2D eigenvalue weighted by atomic mass is 9.98. The molecule has 0 amide bonds. The quantitative estimate of drug-likeness (QED) is 0.168. The lowest BCUT2D eigenvalue weighted by molar-refractivity contribution is 0.623. The van der Waals surface area contributed by atoms with Gasteiger partial charge in [0.2, 0.25) is 5.89 Å². The molecule has 13 aromatic rings. The molecule has 0 saturated carbocycles. The van der Waals surface area contributed by atoms with E-state index in [1.54, 1.807) is 0 Å². The van der Waals surface area contributed by atoms with Crippen molar-refractivity contribution in [2.24, 2.45) is 0 Å². The Kier molecular flexibility index (Phi) is 6.38. The summed E-state index contributed by atoms with van der Waals surface area (Å²) in [6, 6.07) is 63.8. The van der Waals surface area contributed by atoms with Crippen molar-refractivity contribution in [1.82, 2.24) is 4.98 Å². The summed E-state index contributed by atoms with van der Waals surface area (Å²) in [5.41, 5.74) is 9.01. The molecule has 10 aromatic carbocycles. The fraction of sp³-hybridized carbons (Fsp3) is 0. The van der Waals surface area contributed by atoms with Gasteiger partial charge >= 0.3 is 0 Å². The first-order valence-corrected chi connectivity index (χ1v) is 19.5. The summed E-state index contributed by atoms with van der Waals surface area (Å²) in [4.78, 5) is 7.31. The minimum Gasteiger partial charge on any atom is -0.456 e. The first-order chi connectivity index (χ1) is 28.7. The van der Waals surface area contributed by atoms with Gasteiger partial charge in [0, 0.05) is 60.7 Å². The van der Waals surface area contributed by atoms with Gasteiger partial charge in [-0.1, -0.05) is 115 Å². The molecule has 13 rings (SSSR count). The third kappa shape index (κ3) is 4.50. The second kappa shape index (κ2) is 11.8. The Hall–Kier alpha value is -7.89. The minimum atomic E-state index is 0.608. The van der Waals surface area contributed by atoms with Crippen LogP contribution >= 0.6 is 0 Å². The van der Waals surface area contributed by atoms with Gasteiger partial charge in [0.15, 0.2) is 5.58 Å². The number of oxazole rings is 1. The third-order valence-electron chi connectivity index (χ3n) is 11.8. The van der Waals surface area contributed by atoms with Crippen LogP contribution in [0.3, 0.4) is 0 Å². The standard InChI is InChI=1S/C53H30N2O3/c1-2-11-34(12-3-1)53-54-44-26-22-33-19-18-32-20-23-35(28-42(32)49(33)52(44)58-53)55(36-24-27-47-43(29-36)40-25-21-31-10-4-5-13-37(31)51(40)57-47)45-30-48-50(39-15-7-6-14-38(39)45)41-16-8-9-17-46(41)56-48/h1-30H. The maximum Gasteiger partial charge on any atom is 0.227 e. The van der Waals surface area contributed by atoms with Gasteiger partial charge in [-0.05, 0) is 87.6 Å². The van der Waals surface area contributed by atoms with Crippen LogP contribution in [0, 0.1) is 0 Å². The zero-order chi connectivity index (χ0) is 37.9. The minimum absolute atomic E-state index is 0.608. The summed E-state index contributed by atoms with van der Waals surface area (Å²) >= 11 is 0. The van der Waals surface area contributed by atoms with E-state index in [2.05, 4.69) is 144 Å². The summed E-state index contributed by atoms with van der Waals surface area (Å²) in [5, 5.41) is 13.2. The Labute approximate surface area is 330 Å². The van der Waals surface area contributed by atoms with Crippen molar-refractivity contribution in [3.8, 4) is 11.5 Å². The molecular weight excluding hydrogens is 713 g/mol. The highest BCUT2D eigenvalue weighted by molar-refractivity contribution is 6.24. The number of para-hydroxylation sites is 1. The van der Waals surface area contributed by atoms with E-state index in [1.807, 2.05) is 42.5 Å². The zero-order valence-corrected chi connectivity index (χ0v) is 30.9. The van der Waals surface area contributed by atoms with E-state index >= 15 is 0 Å². The van der Waals surface area contributed by atoms with Gasteiger partial charge in [0.25, 0.3) is 0 Å². The molecule has 0 unspecified atom stereocenters. The van der Waals surface area contributed by atoms with E-state index < -0.39 is 0 Å². The fourth-order valence-electron chi connectivity index (χ4n) is 9.17. The van der Waals surface area contributed by atoms with Crippen LogP contribution < -0.4 is 4.90 Å². The lowest BCUT2D eigenvalue weighted by Crippen LogP contribution is -2.10. The average molecular weight is 743 g/mol. The van der Waals surface area contributed by atoms with E-state index in [-0.39, 0.29) is 0 Å². The Morgan fingerprint density at radius 3 is 1.91 bits per heavy atom. The van der Waals surface area contributed by atoms with Crippen molar-refractivity contribution in [2.45, 2.75) is 0 Å². The third-order valence-corrected chi connectivity index (χ3v) is 11.8. The highest BCUT2D eigenvalue weighted by Gasteiger charge is 2.23. The number of hydrogen-bond acceptors (Lipinski definition) is 5. The summed E-state index contributed by atoms with van der Waals surface area (Å²) < 4.78 is 19.9. The predicted octanol–water partition coefficient (Wildman–Crippen LogP) is 15.4. The molecule has 5 nitrogen and oxygen atoms in total. The van der Waals surface area contributed by atoms with E-state index in [0.29, 0.717) is 5.89 Å². The Morgan fingerprint density at radius 1 is 0.362 bits per heavy atom. The molecule has 0 aliphatic carbocycles. The van der Waals surface area contributed by atoms with Gasteiger partial charge in [0.1, 0.15) is 27.8 Å². The Balaban J connectivity index is 1.11. The van der Waals surface area contributed by atoms with Crippen LogP contribution in [0.15, 0.2) is 195 Å². The van der Waals surface area contributed by atoms with Gasteiger partial charge in [-0.2, -0.15) is 0 Å². The number of anilines is 3. The number of benzene rings is 10. The first-order valence-electron chi connectivity index (χ1n) is 19.5. The van der Waals surface area contributed by atoms with Crippen molar-refractivity contribution in [3.63, 3.8) is 0 Å². The van der Waals surface area contributed by atoms with Crippen molar-refractivity contribution in [2.75, 3.05) is 4.90 Å². The molecule has 3 aromatic heterocycles. The number of nitrogens with zero attached hydrogens (tertiary/aromatic N) is 2. The molecule has 0 bridgehead atoms. The van der Waals surface area contributed by atoms with Crippen LogP contribution in [0.2, 0.25) is 0 Å². The zero-order valence-electron chi connectivity index (χ0n) is 30.9. The molecule has 0 spiro atoms. The summed E-state index contributed by atoms with van der Waals surface area (Å²) in [6.45, 7) is 0. The second-order valence-electron chi connectivity index (χ2n) is 15.1. The predicted molar refractivity (Wildman–Crippen MR) is 239 cm³/mol. The van der Waals surface area contributed by atoms with Crippen LogP contribution in [0.1, 0.15) is 0 Å². The summed E-state index contributed by atoms with van der Waals surface area (Å²) in [5.74, 6) is 0.608. The van der Waals surface area contributed by atoms with Crippen LogP contribution in [0.25, 0.3) is 110 Å². The number of fused-ring (bicyclic) bond motifs is 15. The molecule has 0 aliphatic heterocycles. The highest BCUT2D eigenvalue weighted by Crippen LogP contribution is 2.47. The molecule has 0 aliphatic rings. The molecule has 270 valence electrons. The van der Waals surface area contributed by atoms with Gasteiger partial charge in [0.05, 0.1) is 5.69 Å². The number of furan rings is 2. The number of hydrogen-bond donors (Lipinski definition) is 0. The van der Waals surface area contributed by atoms with Gasteiger partial charge in [-0.3, -0.25) is 0 Å². The summed E-state index contributed by atoms with van der Waals surface area (Å²) in [6.07, 6.45) is 0. The molecule has 0 atom stereocenters. The van der Waals surface area contributed by atoms with E-state index in [4.69, 9.17) is 18.2 Å². The molecule has 0 radical (unpaired) electrons. The first kappa shape index (κ1) is 31.3. The van der Waals surface area contributed by atoms with E-state index in [9.17, 15) is 0 Å². The molecule has 58 heavy (non-hydrogen) atoms. The van der Waals surface area contributed by atoms with Crippen molar-refractivity contribution >= 4 is 115 Å². The molecule has 0 N–H and O–H groups in total. The highest BCUT2D eigenvalue weighted by atomic mass is 16.3. The molecule has 0 saturated heterocycles. The van der Waals surface area contributed by atoms with Gasteiger partial charge < -0.3 is 18.2 Å². The molecular formula is C53H30N2O3. The largest absolute Gasteiger partial charge is 0.456 e. The maximum absolute atomic E-state index is 6.64. The Bertz CT molecular complexity index is 3820. The molecule has 3 heterocycles.